The van der Waals surface area contributed by atoms with Gasteiger partial charge in [0.1, 0.15) is 0 Å². The first-order valence-electron chi connectivity index (χ1n) is 9.91. The first-order valence-corrected chi connectivity index (χ1v) is 10.9. The van der Waals surface area contributed by atoms with Gasteiger partial charge in [-0.3, -0.25) is 9.59 Å². The van der Waals surface area contributed by atoms with Crippen LogP contribution in [0.3, 0.4) is 0 Å². The maximum atomic E-state index is 12.8. The molecule has 3 aromatic rings. The highest BCUT2D eigenvalue weighted by atomic mass is 32.2. The Morgan fingerprint density at radius 2 is 1.82 bits per heavy atom. The summed E-state index contributed by atoms with van der Waals surface area (Å²) in [5, 5.41) is 13.9. The third kappa shape index (κ3) is 6.35. The van der Waals surface area contributed by atoms with E-state index in [1.807, 2.05) is 19.1 Å². The molecule has 2 aromatic carbocycles. The molecule has 0 aliphatic heterocycles. The van der Waals surface area contributed by atoms with Crippen molar-refractivity contribution in [1.29, 1.82) is 0 Å². The number of carbonyl (C=O) groups is 2. The zero-order valence-electron chi connectivity index (χ0n) is 18.1. The third-order valence-corrected chi connectivity index (χ3v) is 5.74. The van der Waals surface area contributed by atoms with E-state index in [0.717, 1.165) is 29.5 Å². The Balaban J connectivity index is 1.57. The molecule has 3 rings (SSSR count). The molecule has 33 heavy (non-hydrogen) atoms. The van der Waals surface area contributed by atoms with Crippen LogP contribution in [0.4, 0.5) is 18.9 Å². The summed E-state index contributed by atoms with van der Waals surface area (Å²) in [5.74, 6) is -0.312. The fraction of sp³-hybridized carbons (Fsp3) is 0.273. The largest absolute Gasteiger partial charge is 0.416 e. The van der Waals surface area contributed by atoms with Crippen LogP contribution in [0.2, 0.25) is 0 Å². The smallest absolute Gasteiger partial charge is 0.342 e. The molecule has 1 atom stereocenters. The van der Waals surface area contributed by atoms with E-state index in [4.69, 9.17) is 0 Å². The number of nitrogens with one attached hydrogen (secondary N) is 2. The predicted molar refractivity (Wildman–Crippen MR) is 119 cm³/mol. The maximum absolute atomic E-state index is 12.8. The van der Waals surface area contributed by atoms with E-state index < -0.39 is 23.7 Å². The molecule has 0 radical (unpaired) electrons. The van der Waals surface area contributed by atoms with Crippen molar-refractivity contribution in [3.05, 3.63) is 71.0 Å². The first kappa shape index (κ1) is 24.3. The summed E-state index contributed by atoms with van der Waals surface area (Å²) in [6.45, 7) is 3.70. The standard InChI is InChI=1S/C22H22F3N5O2S/c1-13-7-9-15(10-8-13)20(32)26-14(2)19-28-29-21(30(19)3)33-12-18(31)27-17-6-4-5-16(11-17)22(23,24)25/h4-11,14H,12H2,1-3H3,(H,26,32)(H,27,31)/t14-/m1/s1. The predicted octanol–water partition coefficient (Wildman–Crippen LogP) is 4.36. The monoisotopic (exact) mass is 477 g/mol. The highest BCUT2D eigenvalue weighted by Gasteiger charge is 2.30. The average molecular weight is 478 g/mol. The zero-order chi connectivity index (χ0) is 24.2. The van der Waals surface area contributed by atoms with Gasteiger partial charge in [0.2, 0.25) is 5.91 Å². The number of anilines is 1. The summed E-state index contributed by atoms with van der Waals surface area (Å²) < 4.78 is 40.1. The molecule has 0 fully saturated rings. The van der Waals surface area contributed by atoms with E-state index in [0.29, 0.717) is 16.5 Å². The lowest BCUT2D eigenvalue weighted by Crippen LogP contribution is -2.28. The van der Waals surface area contributed by atoms with Gasteiger partial charge in [0.05, 0.1) is 17.4 Å². The Morgan fingerprint density at radius 3 is 2.48 bits per heavy atom. The van der Waals surface area contributed by atoms with E-state index in [1.54, 1.807) is 30.7 Å². The molecule has 11 heteroatoms. The van der Waals surface area contributed by atoms with Crippen molar-refractivity contribution in [2.45, 2.75) is 31.2 Å². The molecule has 0 saturated heterocycles. The van der Waals surface area contributed by atoms with Crippen LogP contribution < -0.4 is 10.6 Å². The van der Waals surface area contributed by atoms with Crippen LogP contribution in [0, 0.1) is 6.92 Å². The van der Waals surface area contributed by atoms with Gasteiger partial charge in [0.15, 0.2) is 11.0 Å². The number of aromatic nitrogens is 3. The summed E-state index contributed by atoms with van der Waals surface area (Å²) >= 11 is 1.08. The molecule has 0 saturated carbocycles. The van der Waals surface area contributed by atoms with Gasteiger partial charge in [0.25, 0.3) is 5.91 Å². The van der Waals surface area contributed by atoms with Gasteiger partial charge >= 0.3 is 6.18 Å². The molecule has 0 unspecified atom stereocenters. The van der Waals surface area contributed by atoms with Crippen molar-refractivity contribution >= 4 is 29.3 Å². The van der Waals surface area contributed by atoms with E-state index in [9.17, 15) is 22.8 Å². The SMILES string of the molecule is Cc1ccc(C(=O)N[C@H](C)c2nnc(SCC(=O)Nc3cccc(C(F)(F)F)c3)n2C)cc1. The minimum absolute atomic E-state index is 0.0570. The molecule has 0 aliphatic rings. The van der Waals surface area contributed by atoms with Crippen molar-refractivity contribution in [1.82, 2.24) is 20.1 Å². The minimum atomic E-state index is -4.49. The summed E-state index contributed by atoms with van der Waals surface area (Å²) in [4.78, 5) is 24.6. The second kappa shape index (κ2) is 10.1. The number of amides is 2. The van der Waals surface area contributed by atoms with Gasteiger partial charge in [0, 0.05) is 18.3 Å². The van der Waals surface area contributed by atoms with E-state index in [1.165, 1.54) is 12.1 Å². The van der Waals surface area contributed by atoms with Gasteiger partial charge in [-0.25, -0.2) is 0 Å². The first-order chi connectivity index (χ1) is 15.5. The second-order valence-electron chi connectivity index (χ2n) is 7.38. The summed E-state index contributed by atoms with van der Waals surface area (Å²) in [6, 6.07) is 11.2. The van der Waals surface area contributed by atoms with Crippen molar-refractivity contribution < 1.29 is 22.8 Å². The maximum Gasteiger partial charge on any atom is 0.416 e. The van der Waals surface area contributed by atoms with Crippen LogP contribution in [-0.4, -0.2) is 32.3 Å². The quantitative estimate of drug-likeness (QED) is 0.494. The second-order valence-corrected chi connectivity index (χ2v) is 8.32. The average Bonchev–Trinajstić information content (AvgIpc) is 3.12. The number of aryl methyl sites for hydroxylation is 1. The molecule has 1 heterocycles. The van der Waals surface area contributed by atoms with Crippen molar-refractivity contribution in [2.75, 3.05) is 11.1 Å². The number of rotatable bonds is 7. The summed E-state index contributed by atoms with van der Waals surface area (Å²) in [6.07, 6.45) is -4.49. The summed E-state index contributed by atoms with van der Waals surface area (Å²) in [7, 11) is 1.71. The topological polar surface area (TPSA) is 88.9 Å². The number of nitrogens with zero attached hydrogens (tertiary/aromatic N) is 3. The number of carbonyl (C=O) groups excluding carboxylic acids is 2. The molecule has 1 aromatic heterocycles. The molecule has 174 valence electrons. The number of alkyl halides is 3. The van der Waals surface area contributed by atoms with E-state index >= 15 is 0 Å². The number of thioether (sulfide) groups is 1. The Labute approximate surface area is 192 Å². The third-order valence-electron chi connectivity index (χ3n) is 4.72. The molecule has 2 N–H and O–H groups in total. The van der Waals surface area contributed by atoms with Gasteiger partial charge in [-0.2, -0.15) is 13.2 Å². The van der Waals surface area contributed by atoms with Gasteiger partial charge < -0.3 is 15.2 Å². The molecule has 7 nitrogen and oxygen atoms in total. The Hall–Kier alpha value is -3.34. The van der Waals surface area contributed by atoms with Crippen molar-refractivity contribution in [3.8, 4) is 0 Å². The number of hydrogen-bond acceptors (Lipinski definition) is 5. The molecule has 0 bridgehead atoms. The normalized spacial score (nSPS) is 12.3. The molecule has 0 aliphatic carbocycles. The number of halogens is 3. The molecule has 2 amide bonds. The van der Waals surface area contributed by atoms with Crippen LogP contribution in [0.25, 0.3) is 0 Å². The molecule has 0 spiro atoms. The van der Waals surface area contributed by atoms with E-state index in [-0.39, 0.29) is 17.3 Å². The molecular formula is C22H22F3N5O2S. The highest BCUT2D eigenvalue weighted by molar-refractivity contribution is 7.99. The number of benzene rings is 2. The fourth-order valence-corrected chi connectivity index (χ4v) is 3.70. The zero-order valence-corrected chi connectivity index (χ0v) is 18.9. The fourth-order valence-electron chi connectivity index (χ4n) is 2.98. The van der Waals surface area contributed by atoms with Crippen molar-refractivity contribution in [2.24, 2.45) is 7.05 Å². The van der Waals surface area contributed by atoms with Crippen LogP contribution in [-0.2, 0) is 18.0 Å². The van der Waals surface area contributed by atoms with Crippen LogP contribution in [0.5, 0.6) is 0 Å². The molecular weight excluding hydrogens is 455 g/mol. The Kier molecular flexibility index (Phi) is 7.42. The van der Waals surface area contributed by atoms with Crippen LogP contribution in [0.15, 0.2) is 53.7 Å². The Bertz CT molecular complexity index is 1150. The lowest BCUT2D eigenvalue weighted by Gasteiger charge is -2.14. The lowest BCUT2D eigenvalue weighted by atomic mass is 10.1. The highest BCUT2D eigenvalue weighted by Crippen LogP contribution is 2.30. The van der Waals surface area contributed by atoms with Crippen molar-refractivity contribution in [3.63, 3.8) is 0 Å². The minimum Gasteiger partial charge on any atom is -0.342 e. The Morgan fingerprint density at radius 1 is 1.12 bits per heavy atom. The number of hydrogen-bond donors (Lipinski definition) is 2. The van der Waals surface area contributed by atoms with Gasteiger partial charge in [-0.1, -0.05) is 35.5 Å². The van der Waals surface area contributed by atoms with Gasteiger partial charge in [-0.05, 0) is 44.2 Å². The lowest BCUT2D eigenvalue weighted by molar-refractivity contribution is -0.137. The van der Waals surface area contributed by atoms with E-state index in [2.05, 4.69) is 20.8 Å². The van der Waals surface area contributed by atoms with Gasteiger partial charge in [-0.15, -0.1) is 10.2 Å². The van der Waals surface area contributed by atoms with Crippen LogP contribution >= 0.6 is 11.8 Å². The van der Waals surface area contributed by atoms with Crippen LogP contribution in [0.1, 0.15) is 40.3 Å². The summed E-state index contributed by atoms with van der Waals surface area (Å²) in [5.41, 5.74) is 0.788.